The number of aliphatic hydroxyl groups is 2. The smallest absolute Gasteiger partial charge is 0.460 e. The lowest BCUT2D eigenvalue weighted by atomic mass is 9.75. The number of nitrogens with one attached hydrogen (secondary N) is 1. The summed E-state index contributed by atoms with van der Waals surface area (Å²) in [6.45, 7) is 16.0. The average molecular weight is 1310 g/mol. The van der Waals surface area contributed by atoms with Crippen LogP contribution in [0.5, 0.6) is 5.75 Å². The van der Waals surface area contributed by atoms with E-state index < -0.39 is 108 Å². The first-order valence-corrected chi connectivity index (χ1v) is 34.5. The topological polar surface area (TPSA) is 424 Å². The molecule has 2 aromatic carbocycles. The third kappa shape index (κ3) is 16.7. The number of nitrogens with zero attached hydrogens (tertiary/aromatic N) is 4. The van der Waals surface area contributed by atoms with Crippen molar-refractivity contribution in [2.24, 2.45) is 5.41 Å². The molecule has 33 heteroatoms. The van der Waals surface area contributed by atoms with E-state index >= 15 is 0 Å². The maximum Gasteiger partial charge on any atom is 0.490 e. The SMILES string of the molecule is CCN1c2cc3c(cc2C(C)=CC1(C)C)C(=CC=CC=CC1=[N+](CCCS(=O)(=O)O)c2ccc(S(=O)(=O)O)cc2C1(C)CCCC(=O)NCC#Cc1cn([C@@H]2O[C@H](COP(=O)(O)OP(=O)(O)OP(=O)(O)O)[C@@H](O)[C@H]2O)c(=O)nc1N)C=C(C(C)(C)C)O3. The summed E-state index contributed by atoms with van der Waals surface area (Å²) in [7, 11) is -26.4. The zero-order chi connectivity index (χ0) is 64.6. The number of carbonyl (C=O) groups is 1. The maximum atomic E-state index is 13.4. The number of likely N-dealkylation sites (N-methyl/N-ethyl adjacent to an activating group) is 1. The summed E-state index contributed by atoms with van der Waals surface area (Å²) in [5, 5.41) is 24.0. The molecule has 1 saturated heterocycles. The minimum Gasteiger partial charge on any atom is -0.460 e. The number of allylic oxidation sites excluding steroid dienone is 9. The lowest BCUT2D eigenvalue weighted by Gasteiger charge is -2.43. The first-order valence-electron chi connectivity index (χ1n) is 26.9. The van der Waals surface area contributed by atoms with Gasteiger partial charge in [-0.2, -0.15) is 35.0 Å². The van der Waals surface area contributed by atoms with Crippen LogP contribution >= 0.6 is 23.5 Å². The molecule has 1 fully saturated rings. The number of aromatic nitrogens is 2. The zero-order valence-electron chi connectivity index (χ0n) is 48.5. The molecule has 3 aromatic rings. The van der Waals surface area contributed by atoms with Crippen LogP contribution in [0.2, 0.25) is 0 Å². The fraction of sp³-hybridized carbons (Fsp3) is 0.444. The van der Waals surface area contributed by atoms with Crippen LogP contribution in [-0.4, -0.2) is 137 Å². The van der Waals surface area contributed by atoms with Gasteiger partial charge in [0.2, 0.25) is 11.6 Å². The van der Waals surface area contributed by atoms with Crippen LogP contribution in [-0.2, 0) is 62.0 Å². The molecule has 1 aromatic heterocycles. The molecule has 0 saturated carbocycles. The highest BCUT2D eigenvalue weighted by Gasteiger charge is 2.49. The third-order valence-corrected chi connectivity index (χ3v) is 20.0. The summed E-state index contributed by atoms with van der Waals surface area (Å²) in [6, 6.07) is 8.30. The molecule has 5 heterocycles. The molecular formula is C54H70N6O22P3S2+. The lowest BCUT2D eigenvalue weighted by Crippen LogP contribution is -2.45. The van der Waals surface area contributed by atoms with Gasteiger partial charge in [0.05, 0.1) is 40.3 Å². The molecule has 87 heavy (non-hydrogen) atoms. The third-order valence-electron chi connectivity index (χ3n) is 14.6. The van der Waals surface area contributed by atoms with Crippen LogP contribution in [0.3, 0.4) is 0 Å². The largest absolute Gasteiger partial charge is 0.490 e. The van der Waals surface area contributed by atoms with E-state index in [1.807, 2.05) is 35.8 Å². The highest BCUT2D eigenvalue weighted by molar-refractivity contribution is 7.86. The highest BCUT2D eigenvalue weighted by Crippen LogP contribution is 2.66. The predicted molar refractivity (Wildman–Crippen MR) is 318 cm³/mol. The van der Waals surface area contributed by atoms with Gasteiger partial charge in [-0.3, -0.25) is 23.0 Å². The number of carbonyl (C=O) groups excluding carboxylic acids is 1. The van der Waals surface area contributed by atoms with Crippen molar-refractivity contribution in [3.63, 3.8) is 0 Å². The number of nitrogens with two attached hydrogens (primary N) is 1. The Morgan fingerprint density at radius 3 is 2.31 bits per heavy atom. The Bertz CT molecular complexity index is 3950. The first-order chi connectivity index (χ1) is 40.1. The summed E-state index contributed by atoms with van der Waals surface area (Å²) >= 11 is 0. The molecular weight excluding hydrogens is 1240 g/mol. The quantitative estimate of drug-likeness (QED) is 0.0194. The summed E-state index contributed by atoms with van der Waals surface area (Å²) in [5.74, 6) is 5.32. The van der Waals surface area contributed by atoms with E-state index in [0.717, 1.165) is 52.2 Å². The minimum atomic E-state index is -5.89. The number of anilines is 2. The van der Waals surface area contributed by atoms with Gasteiger partial charge in [-0.1, -0.05) is 63.0 Å². The maximum absolute atomic E-state index is 13.4. The predicted octanol–water partition coefficient (Wildman–Crippen LogP) is 5.55. The number of amides is 1. The Morgan fingerprint density at radius 2 is 1.67 bits per heavy atom. The fourth-order valence-corrected chi connectivity index (χ4v) is 14.7. The van der Waals surface area contributed by atoms with E-state index in [-0.39, 0.29) is 55.3 Å². The van der Waals surface area contributed by atoms with E-state index in [1.54, 1.807) is 12.2 Å². The molecule has 3 unspecified atom stereocenters. The second-order valence-electron chi connectivity index (χ2n) is 22.6. The van der Waals surface area contributed by atoms with E-state index in [1.165, 1.54) is 18.2 Å². The number of nitrogen functional groups attached to an aromatic ring is 1. The molecule has 11 N–H and O–H groups in total. The molecule has 7 rings (SSSR count). The molecule has 0 spiro atoms. The fourth-order valence-electron chi connectivity index (χ4n) is 10.6. The Labute approximate surface area is 502 Å². The lowest BCUT2D eigenvalue weighted by molar-refractivity contribution is -0.437. The first kappa shape index (κ1) is 68.7. The van der Waals surface area contributed by atoms with Gasteiger partial charge in [-0.05, 0) is 82.9 Å². The highest BCUT2D eigenvalue weighted by atomic mass is 32.2. The van der Waals surface area contributed by atoms with Gasteiger partial charge in [0.25, 0.3) is 20.2 Å². The van der Waals surface area contributed by atoms with E-state index in [4.69, 9.17) is 25.0 Å². The van der Waals surface area contributed by atoms with Gasteiger partial charge in [-0.25, -0.2) is 18.5 Å². The Hall–Kier alpha value is -5.77. The van der Waals surface area contributed by atoms with Crippen molar-refractivity contribution >= 4 is 83.7 Å². The number of fused-ring (bicyclic) bond motifs is 3. The van der Waals surface area contributed by atoms with E-state index in [9.17, 15) is 69.2 Å². The summed E-state index contributed by atoms with van der Waals surface area (Å²) in [6.07, 6.45) is 7.29. The van der Waals surface area contributed by atoms with Gasteiger partial charge in [0, 0.05) is 71.6 Å². The molecule has 7 atom stereocenters. The molecule has 0 aliphatic carbocycles. The van der Waals surface area contributed by atoms with Gasteiger partial charge < -0.3 is 55.2 Å². The van der Waals surface area contributed by atoms with Crippen molar-refractivity contribution in [1.82, 2.24) is 14.9 Å². The van der Waals surface area contributed by atoms with Crippen molar-refractivity contribution in [2.45, 2.75) is 121 Å². The number of phosphoric ester groups is 1. The van der Waals surface area contributed by atoms with Crippen LogP contribution < -0.4 is 26.4 Å². The molecule has 28 nitrogen and oxygen atoms in total. The normalized spacial score (nSPS) is 23.1. The van der Waals surface area contributed by atoms with Crippen LogP contribution in [0.4, 0.5) is 17.2 Å². The van der Waals surface area contributed by atoms with Crippen molar-refractivity contribution in [1.29, 1.82) is 0 Å². The van der Waals surface area contributed by atoms with E-state index in [2.05, 4.69) is 107 Å². The van der Waals surface area contributed by atoms with Crippen LogP contribution in [0.15, 0.2) is 94.5 Å². The molecule has 4 aliphatic heterocycles. The summed E-state index contributed by atoms with van der Waals surface area (Å²) in [5.41, 5.74) is 9.69. The number of hydrogen-bond acceptors (Lipinski definition) is 19. The number of hydrogen-bond donors (Lipinski definition) is 10. The minimum absolute atomic E-state index is 0.0393. The number of rotatable bonds is 22. The molecule has 4 aliphatic rings. The van der Waals surface area contributed by atoms with Crippen molar-refractivity contribution in [3.8, 4) is 17.6 Å². The van der Waals surface area contributed by atoms with Crippen molar-refractivity contribution in [3.05, 3.63) is 118 Å². The average Bonchev–Trinajstić information content (AvgIpc) is 1.73. The molecule has 1 amide bonds. The van der Waals surface area contributed by atoms with Crippen LogP contribution in [0.25, 0.3) is 11.1 Å². The zero-order valence-corrected chi connectivity index (χ0v) is 52.8. The van der Waals surface area contributed by atoms with Gasteiger partial charge in [0.1, 0.15) is 42.2 Å². The number of benzene rings is 2. The molecule has 0 bridgehead atoms. The van der Waals surface area contributed by atoms with Gasteiger partial charge in [0.15, 0.2) is 11.9 Å². The van der Waals surface area contributed by atoms with Crippen LogP contribution in [0.1, 0.15) is 110 Å². The van der Waals surface area contributed by atoms with Gasteiger partial charge in [-0.15, -0.1) is 0 Å². The van der Waals surface area contributed by atoms with E-state index in [0.29, 0.717) is 21.5 Å². The summed E-state index contributed by atoms with van der Waals surface area (Å²) < 4.78 is 130. The second kappa shape index (κ2) is 26.0. The number of ether oxygens (including phenoxy) is 2. The Balaban J connectivity index is 1.09. The Kier molecular flexibility index (Phi) is 20.5. The van der Waals surface area contributed by atoms with Crippen LogP contribution in [0, 0.1) is 17.3 Å². The molecule has 474 valence electrons. The van der Waals surface area contributed by atoms with Gasteiger partial charge >= 0.3 is 29.2 Å². The summed E-state index contributed by atoms with van der Waals surface area (Å²) in [4.78, 5) is 68.6. The van der Waals surface area contributed by atoms with Crippen molar-refractivity contribution < 1.29 is 101 Å². The monoisotopic (exact) mass is 1310 g/mol. The number of phosphoric acid groups is 3. The van der Waals surface area contributed by atoms with Crippen molar-refractivity contribution in [2.75, 3.05) is 42.6 Å². The number of aliphatic hydroxyl groups excluding tert-OH is 2. The molecule has 0 radical (unpaired) electrons. The Morgan fingerprint density at radius 1 is 0.966 bits per heavy atom. The second-order valence-corrected chi connectivity index (χ2v) is 30.0. The standard InChI is InChI=1S/C54H69N6O22P3S2/c1-9-60-41-29-42-38(28-37(41)33(2)30-53(60,6)7)34(26-45(79-42)52(3,4)5)16-11-10-12-18-44-54(8,39-27-36(87(75,76)77)20-21-40(39)58(44)24-15-25-86(72,73)74)22-13-19-46(61)56-23-14-17-35-31-59(51(64)57-49(35)55)50-48(63)47(62)43(80-50)32-78-84(68,69)82-85(70,71)81-83(65,66)67/h10-12,16,18,20-21,26-31,43,47-48,50,62-63H,9,13,15,19,22-25,32H2,1-8H3,(H8-,55,56,57,61,64,65,66,67,68,69,70,71,72,73,74,75,76,77)/p+1/t43-,47-,48-,50-,54?/m1/s1.